The largest absolute Gasteiger partial charge is 0.468 e. The molecule has 0 saturated carbocycles. The highest BCUT2D eigenvalue weighted by Crippen LogP contribution is 2.17. The number of ether oxygens (including phenoxy) is 3. The van der Waals surface area contributed by atoms with E-state index in [1.54, 1.807) is 13.1 Å². The van der Waals surface area contributed by atoms with E-state index in [-0.39, 0.29) is 29.9 Å². The zero-order chi connectivity index (χ0) is 21.0. The maximum Gasteiger partial charge on any atom is 0.422 e. The topological polar surface area (TPSA) is 77.0 Å². The minimum absolute atomic E-state index is 0. The number of halogens is 4. The minimum Gasteiger partial charge on any atom is -0.468 e. The lowest BCUT2D eigenvalue weighted by atomic mass is 10.0. The van der Waals surface area contributed by atoms with Gasteiger partial charge in [0.2, 0.25) is 5.88 Å². The van der Waals surface area contributed by atoms with Gasteiger partial charge in [0.15, 0.2) is 12.6 Å². The summed E-state index contributed by atoms with van der Waals surface area (Å²) in [5, 5.41) is 6.29. The van der Waals surface area contributed by atoms with Crippen molar-refractivity contribution in [2.45, 2.75) is 32.0 Å². The Hall–Kier alpha value is -1.34. The van der Waals surface area contributed by atoms with Gasteiger partial charge < -0.3 is 24.8 Å². The molecule has 0 unspecified atom stereocenters. The summed E-state index contributed by atoms with van der Waals surface area (Å²) in [4.78, 5) is 7.91. The average Bonchev–Trinajstić information content (AvgIpc) is 2.72. The zero-order valence-corrected chi connectivity index (χ0v) is 19.4. The molecule has 1 aromatic rings. The van der Waals surface area contributed by atoms with Crippen molar-refractivity contribution >= 4 is 29.9 Å². The van der Waals surface area contributed by atoms with E-state index in [1.165, 1.54) is 12.3 Å². The molecule has 1 aliphatic heterocycles. The first kappa shape index (κ1) is 26.7. The van der Waals surface area contributed by atoms with Gasteiger partial charge in [0.25, 0.3) is 0 Å². The van der Waals surface area contributed by atoms with Gasteiger partial charge in [-0.1, -0.05) is 0 Å². The van der Waals surface area contributed by atoms with Crippen molar-refractivity contribution < 1.29 is 27.4 Å². The molecule has 30 heavy (non-hydrogen) atoms. The van der Waals surface area contributed by atoms with Gasteiger partial charge in [-0.3, -0.25) is 4.99 Å². The molecule has 0 bridgehead atoms. The summed E-state index contributed by atoms with van der Waals surface area (Å²) < 4.78 is 52.4. The summed E-state index contributed by atoms with van der Waals surface area (Å²) in [7, 11) is 1.65. The van der Waals surface area contributed by atoms with Crippen molar-refractivity contribution in [3.05, 3.63) is 23.9 Å². The molecular weight excluding hydrogens is 516 g/mol. The number of aromatic nitrogens is 1. The van der Waals surface area contributed by atoms with Crippen LogP contribution in [0.4, 0.5) is 13.2 Å². The van der Waals surface area contributed by atoms with Crippen LogP contribution >= 0.6 is 24.0 Å². The summed E-state index contributed by atoms with van der Waals surface area (Å²) in [6.45, 7) is 2.81. The van der Waals surface area contributed by atoms with E-state index in [1.807, 2.05) is 0 Å². The predicted octanol–water partition coefficient (Wildman–Crippen LogP) is 3.14. The number of aliphatic imine (C=N–C) groups is 1. The highest BCUT2D eigenvalue weighted by molar-refractivity contribution is 14.0. The molecule has 0 radical (unpaired) electrons. The average molecular weight is 546 g/mol. The Balaban J connectivity index is 0.00000450. The molecule has 0 aromatic carbocycles. The van der Waals surface area contributed by atoms with E-state index >= 15 is 0 Å². The van der Waals surface area contributed by atoms with Crippen molar-refractivity contribution in [3.63, 3.8) is 0 Å². The maximum absolute atomic E-state index is 12.2. The number of hydrogen-bond donors (Lipinski definition) is 2. The molecule has 0 aliphatic carbocycles. The monoisotopic (exact) mass is 546 g/mol. The second kappa shape index (κ2) is 14.6. The van der Waals surface area contributed by atoms with Gasteiger partial charge in [0.05, 0.1) is 0 Å². The van der Waals surface area contributed by atoms with Crippen LogP contribution in [0.5, 0.6) is 5.88 Å². The summed E-state index contributed by atoms with van der Waals surface area (Å²) >= 11 is 0. The number of guanidine groups is 1. The van der Waals surface area contributed by atoms with Crippen molar-refractivity contribution in [3.8, 4) is 5.88 Å². The normalized spacial score (nSPS) is 15.4. The van der Waals surface area contributed by atoms with E-state index in [2.05, 4.69) is 25.3 Å². The lowest BCUT2D eigenvalue weighted by Crippen LogP contribution is -2.37. The van der Waals surface area contributed by atoms with Crippen molar-refractivity contribution in [2.24, 2.45) is 10.9 Å². The number of nitrogens with zero attached hydrogens (tertiary/aromatic N) is 2. The molecule has 11 heteroatoms. The summed E-state index contributed by atoms with van der Waals surface area (Å²) in [5.74, 6) is 1.13. The van der Waals surface area contributed by atoms with Crippen LogP contribution in [-0.2, 0) is 16.0 Å². The standard InChI is InChI=1S/C19H29F3N4O3.HI/c1-23-18(25-6-2-8-28-13-15-4-9-27-10-5-15)26-12-16-3-7-24-17(11-16)29-14-19(20,21)22;/h3,7,11,15H,2,4-6,8-10,12-14H2,1H3,(H2,23,25,26);1H. The van der Waals surface area contributed by atoms with Crippen LogP contribution in [0.15, 0.2) is 23.3 Å². The van der Waals surface area contributed by atoms with Gasteiger partial charge in [-0.2, -0.15) is 13.2 Å². The fourth-order valence-electron chi connectivity index (χ4n) is 2.75. The third-order valence-electron chi connectivity index (χ3n) is 4.32. The molecule has 0 atom stereocenters. The lowest BCUT2D eigenvalue weighted by Gasteiger charge is -2.21. The van der Waals surface area contributed by atoms with Crippen molar-refractivity contribution in [1.29, 1.82) is 0 Å². The molecule has 172 valence electrons. The second-order valence-corrected chi connectivity index (χ2v) is 6.74. The molecule has 1 aromatic heterocycles. The van der Waals surface area contributed by atoms with E-state index < -0.39 is 12.8 Å². The van der Waals surface area contributed by atoms with Crippen molar-refractivity contribution in [1.82, 2.24) is 15.6 Å². The Labute approximate surface area is 192 Å². The third kappa shape index (κ3) is 11.7. The first-order valence-electron chi connectivity index (χ1n) is 9.71. The third-order valence-corrected chi connectivity index (χ3v) is 4.32. The molecule has 2 heterocycles. The molecule has 1 saturated heterocycles. The molecule has 2 rings (SSSR count). The molecule has 2 N–H and O–H groups in total. The van der Waals surface area contributed by atoms with E-state index in [4.69, 9.17) is 9.47 Å². The Kier molecular flexibility index (Phi) is 13.0. The Bertz CT molecular complexity index is 629. The fraction of sp³-hybridized carbons (Fsp3) is 0.684. The van der Waals surface area contributed by atoms with Crippen LogP contribution in [0.1, 0.15) is 24.8 Å². The summed E-state index contributed by atoms with van der Waals surface area (Å²) in [6, 6.07) is 3.17. The molecule has 0 spiro atoms. The van der Waals surface area contributed by atoms with E-state index in [0.29, 0.717) is 31.6 Å². The number of rotatable bonds is 10. The predicted molar refractivity (Wildman–Crippen MR) is 118 cm³/mol. The highest BCUT2D eigenvalue weighted by Gasteiger charge is 2.28. The quantitative estimate of drug-likeness (QED) is 0.203. The first-order chi connectivity index (χ1) is 14.0. The lowest BCUT2D eigenvalue weighted by molar-refractivity contribution is -0.154. The van der Waals surface area contributed by atoms with Crippen LogP contribution in [-0.4, -0.2) is 63.7 Å². The zero-order valence-electron chi connectivity index (χ0n) is 17.0. The Morgan fingerprint density at radius 2 is 2.07 bits per heavy atom. The van der Waals surface area contributed by atoms with Crippen molar-refractivity contribution in [2.75, 3.05) is 46.6 Å². The van der Waals surface area contributed by atoms with Gasteiger partial charge in [0.1, 0.15) is 0 Å². The molecule has 1 fully saturated rings. The fourth-order valence-corrected chi connectivity index (χ4v) is 2.75. The second-order valence-electron chi connectivity index (χ2n) is 6.74. The Morgan fingerprint density at radius 3 is 2.77 bits per heavy atom. The number of nitrogens with one attached hydrogen (secondary N) is 2. The highest BCUT2D eigenvalue weighted by atomic mass is 127. The van der Waals surface area contributed by atoms with Gasteiger partial charge in [-0.25, -0.2) is 4.98 Å². The number of alkyl halides is 3. The smallest absolute Gasteiger partial charge is 0.422 e. The summed E-state index contributed by atoms with van der Waals surface area (Å²) in [5.41, 5.74) is 0.736. The first-order valence-corrected chi connectivity index (χ1v) is 9.71. The Morgan fingerprint density at radius 1 is 1.30 bits per heavy atom. The van der Waals surface area contributed by atoms with Crippen LogP contribution < -0.4 is 15.4 Å². The van der Waals surface area contributed by atoms with Gasteiger partial charge in [-0.05, 0) is 36.8 Å². The number of hydrogen-bond acceptors (Lipinski definition) is 5. The molecule has 1 aliphatic rings. The summed E-state index contributed by atoms with van der Waals surface area (Å²) in [6.07, 6.45) is -0.0146. The van der Waals surface area contributed by atoms with Crippen LogP contribution in [0.2, 0.25) is 0 Å². The van der Waals surface area contributed by atoms with E-state index in [0.717, 1.165) is 44.6 Å². The van der Waals surface area contributed by atoms with Crippen LogP contribution in [0.3, 0.4) is 0 Å². The number of pyridine rings is 1. The van der Waals surface area contributed by atoms with Crippen LogP contribution in [0, 0.1) is 5.92 Å². The molecular formula is C19H30F3IN4O3. The van der Waals surface area contributed by atoms with Gasteiger partial charge >= 0.3 is 6.18 Å². The molecule has 0 amide bonds. The van der Waals surface area contributed by atoms with Gasteiger partial charge in [-0.15, -0.1) is 24.0 Å². The minimum atomic E-state index is -4.39. The van der Waals surface area contributed by atoms with E-state index in [9.17, 15) is 13.2 Å². The molecule has 7 nitrogen and oxygen atoms in total. The van der Waals surface area contributed by atoms with Gasteiger partial charge in [0, 0.05) is 58.8 Å². The maximum atomic E-state index is 12.2. The van der Waals surface area contributed by atoms with Crippen LogP contribution in [0.25, 0.3) is 0 Å². The SMILES string of the molecule is CN=C(NCCCOCC1CCOCC1)NCc1ccnc(OCC(F)(F)F)c1.I.